The third kappa shape index (κ3) is 2.89. The molecule has 0 bridgehead atoms. The summed E-state index contributed by atoms with van der Waals surface area (Å²) in [5, 5.41) is 7.35. The number of nitrogens with zero attached hydrogens (tertiary/aromatic N) is 3. The van der Waals surface area contributed by atoms with Gasteiger partial charge in [0.15, 0.2) is 0 Å². The van der Waals surface area contributed by atoms with Crippen molar-refractivity contribution in [2.24, 2.45) is 0 Å². The van der Waals surface area contributed by atoms with Crippen molar-refractivity contribution in [2.45, 2.75) is 39.3 Å². The highest BCUT2D eigenvalue weighted by Crippen LogP contribution is 2.17. The van der Waals surface area contributed by atoms with E-state index in [9.17, 15) is 4.79 Å². The molecule has 0 aromatic carbocycles. The van der Waals surface area contributed by atoms with Gasteiger partial charge in [0, 0.05) is 19.1 Å². The summed E-state index contributed by atoms with van der Waals surface area (Å²) in [7, 11) is 2.08. The lowest BCUT2D eigenvalue weighted by molar-refractivity contribution is 0.0902. The number of rotatable bonds is 3. The molecular formula is C13H23N5O. The maximum absolute atomic E-state index is 12.4. The number of likely N-dealkylation sites (N-methyl/N-ethyl adjacent to an activating group) is 1. The molecule has 1 amide bonds. The van der Waals surface area contributed by atoms with Crippen molar-refractivity contribution in [3.05, 3.63) is 11.4 Å². The summed E-state index contributed by atoms with van der Waals surface area (Å²) >= 11 is 0. The number of hydrogen-bond acceptors (Lipinski definition) is 4. The van der Waals surface area contributed by atoms with Crippen LogP contribution in [0.4, 0.5) is 5.69 Å². The molecule has 106 valence electrons. The molecule has 1 unspecified atom stereocenters. The number of carbonyl (C=O) groups excluding carboxylic acids is 1. The number of carbonyl (C=O) groups is 1. The second-order valence-corrected chi connectivity index (χ2v) is 5.24. The summed E-state index contributed by atoms with van der Waals surface area (Å²) in [4.78, 5) is 14.6. The van der Waals surface area contributed by atoms with Crippen LogP contribution in [0, 0.1) is 6.92 Å². The van der Waals surface area contributed by atoms with E-state index in [1.807, 2.05) is 13.8 Å². The predicted octanol–water partition coefficient (Wildman–Crippen LogP) is 0.618. The SMILES string of the molecule is CCn1nc(C)c(N)c1C(=O)NC1CCCN(C)C1. The van der Waals surface area contributed by atoms with Crippen LogP contribution in [0.1, 0.15) is 35.9 Å². The second-order valence-electron chi connectivity index (χ2n) is 5.24. The Kier molecular flexibility index (Phi) is 4.09. The maximum atomic E-state index is 12.4. The minimum Gasteiger partial charge on any atom is -0.395 e. The summed E-state index contributed by atoms with van der Waals surface area (Å²) in [5.41, 5.74) is 7.66. The van der Waals surface area contributed by atoms with Gasteiger partial charge in [-0.05, 0) is 40.3 Å². The molecule has 1 saturated heterocycles. The Hall–Kier alpha value is -1.56. The van der Waals surface area contributed by atoms with Gasteiger partial charge in [-0.1, -0.05) is 0 Å². The van der Waals surface area contributed by atoms with Gasteiger partial charge in [0.2, 0.25) is 0 Å². The average molecular weight is 265 g/mol. The van der Waals surface area contributed by atoms with Crippen molar-refractivity contribution in [3.8, 4) is 0 Å². The maximum Gasteiger partial charge on any atom is 0.271 e. The molecular weight excluding hydrogens is 242 g/mol. The van der Waals surface area contributed by atoms with Gasteiger partial charge in [-0.3, -0.25) is 9.48 Å². The van der Waals surface area contributed by atoms with E-state index in [0.717, 1.165) is 25.9 Å². The number of nitrogens with two attached hydrogens (primary N) is 1. The second kappa shape index (κ2) is 5.61. The average Bonchev–Trinajstić information content (AvgIpc) is 2.65. The molecule has 1 aliphatic heterocycles. The van der Waals surface area contributed by atoms with Crippen molar-refractivity contribution < 1.29 is 4.79 Å². The predicted molar refractivity (Wildman–Crippen MR) is 75.0 cm³/mol. The van der Waals surface area contributed by atoms with Gasteiger partial charge >= 0.3 is 0 Å². The molecule has 6 nitrogen and oxygen atoms in total. The number of aromatic nitrogens is 2. The van der Waals surface area contributed by atoms with E-state index in [2.05, 4.69) is 22.4 Å². The Morgan fingerprint density at radius 3 is 2.95 bits per heavy atom. The molecule has 3 N–H and O–H groups in total. The monoisotopic (exact) mass is 265 g/mol. The Bertz CT molecular complexity index is 468. The molecule has 1 aliphatic rings. The van der Waals surface area contributed by atoms with Crippen molar-refractivity contribution in [2.75, 3.05) is 25.9 Å². The summed E-state index contributed by atoms with van der Waals surface area (Å²) in [5.74, 6) is -0.111. The summed E-state index contributed by atoms with van der Waals surface area (Å²) in [6.07, 6.45) is 2.14. The lowest BCUT2D eigenvalue weighted by atomic mass is 10.1. The number of likely N-dealkylation sites (tertiary alicyclic amines) is 1. The molecule has 1 aromatic heterocycles. The van der Waals surface area contributed by atoms with Gasteiger partial charge < -0.3 is 16.0 Å². The molecule has 0 radical (unpaired) electrons. The highest BCUT2D eigenvalue weighted by Gasteiger charge is 2.24. The van der Waals surface area contributed by atoms with Crippen molar-refractivity contribution in [1.82, 2.24) is 20.0 Å². The number of aryl methyl sites for hydroxylation is 2. The topological polar surface area (TPSA) is 76.2 Å². The van der Waals surface area contributed by atoms with E-state index in [0.29, 0.717) is 23.6 Å². The zero-order valence-corrected chi connectivity index (χ0v) is 11.9. The first kappa shape index (κ1) is 13.9. The first-order valence-electron chi connectivity index (χ1n) is 6.85. The van der Waals surface area contributed by atoms with E-state index >= 15 is 0 Å². The lowest BCUT2D eigenvalue weighted by Crippen LogP contribution is -2.46. The number of anilines is 1. The highest BCUT2D eigenvalue weighted by atomic mass is 16.2. The molecule has 2 heterocycles. The molecule has 1 atom stereocenters. The van der Waals surface area contributed by atoms with Crippen LogP contribution in [0.5, 0.6) is 0 Å². The molecule has 1 fully saturated rings. The summed E-state index contributed by atoms with van der Waals surface area (Å²) in [6, 6.07) is 0.200. The highest BCUT2D eigenvalue weighted by molar-refractivity contribution is 5.98. The smallest absolute Gasteiger partial charge is 0.271 e. The third-order valence-corrected chi connectivity index (χ3v) is 3.65. The third-order valence-electron chi connectivity index (χ3n) is 3.65. The van der Waals surface area contributed by atoms with Crippen LogP contribution in [-0.4, -0.2) is 46.8 Å². The number of hydrogen-bond donors (Lipinski definition) is 2. The standard InChI is InChI=1S/C13H23N5O/c1-4-18-12(11(14)9(2)16-18)13(19)15-10-6-5-7-17(3)8-10/h10H,4-8,14H2,1-3H3,(H,15,19). The van der Waals surface area contributed by atoms with Gasteiger partial charge in [-0.15, -0.1) is 0 Å². The fraction of sp³-hybridized carbons (Fsp3) is 0.692. The van der Waals surface area contributed by atoms with Crippen molar-refractivity contribution in [1.29, 1.82) is 0 Å². The largest absolute Gasteiger partial charge is 0.395 e. The molecule has 0 saturated carbocycles. The first-order chi connectivity index (χ1) is 9.02. The van der Waals surface area contributed by atoms with Crippen LogP contribution in [0.25, 0.3) is 0 Å². The number of nitrogen functional groups attached to an aromatic ring is 1. The molecule has 0 spiro atoms. The fourth-order valence-corrected chi connectivity index (χ4v) is 2.60. The van der Waals surface area contributed by atoms with E-state index in [1.165, 1.54) is 0 Å². The molecule has 19 heavy (non-hydrogen) atoms. The molecule has 6 heteroatoms. The zero-order valence-electron chi connectivity index (χ0n) is 11.9. The van der Waals surface area contributed by atoms with Gasteiger partial charge in [0.1, 0.15) is 5.69 Å². The van der Waals surface area contributed by atoms with Gasteiger partial charge in [0.25, 0.3) is 5.91 Å². The van der Waals surface area contributed by atoms with E-state index in [1.54, 1.807) is 4.68 Å². The number of amides is 1. The molecule has 1 aromatic rings. The van der Waals surface area contributed by atoms with Crippen LogP contribution >= 0.6 is 0 Å². The summed E-state index contributed by atoms with van der Waals surface area (Å²) in [6.45, 7) is 6.42. The Morgan fingerprint density at radius 2 is 2.32 bits per heavy atom. The van der Waals surface area contributed by atoms with Crippen LogP contribution in [0.2, 0.25) is 0 Å². The number of piperidine rings is 1. The first-order valence-corrected chi connectivity index (χ1v) is 6.85. The molecule has 2 rings (SSSR count). The Morgan fingerprint density at radius 1 is 1.58 bits per heavy atom. The molecule has 0 aliphatic carbocycles. The quantitative estimate of drug-likeness (QED) is 0.840. The normalized spacial score (nSPS) is 20.5. The Balaban J connectivity index is 2.11. The van der Waals surface area contributed by atoms with E-state index < -0.39 is 0 Å². The van der Waals surface area contributed by atoms with Crippen molar-refractivity contribution >= 4 is 11.6 Å². The zero-order chi connectivity index (χ0) is 14.0. The minimum atomic E-state index is -0.111. The van der Waals surface area contributed by atoms with E-state index in [-0.39, 0.29) is 11.9 Å². The van der Waals surface area contributed by atoms with E-state index in [4.69, 9.17) is 5.73 Å². The lowest BCUT2D eigenvalue weighted by Gasteiger charge is -2.30. The minimum absolute atomic E-state index is 0.111. The van der Waals surface area contributed by atoms with Gasteiger partial charge in [0.05, 0.1) is 11.4 Å². The van der Waals surface area contributed by atoms with Gasteiger partial charge in [-0.2, -0.15) is 5.10 Å². The van der Waals surface area contributed by atoms with Crippen LogP contribution in [0.3, 0.4) is 0 Å². The van der Waals surface area contributed by atoms with Crippen LogP contribution in [0.15, 0.2) is 0 Å². The van der Waals surface area contributed by atoms with Crippen LogP contribution in [-0.2, 0) is 6.54 Å². The van der Waals surface area contributed by atoms with Gasteiger partial charge in [-0.25, -0.2) is 0 Å². The fourth-order valence-electron chi connectivity index (χ4n) is 2.60. The van der Waals surface area contributed by atoms with Crippen molar-refractivity contribution in [3.63, 3.8) is 0 Å². The summed E-state index contributed by atoms with van der Waals surface area (Å²) < 4.78 is 1.67. The van der Waals surface area contributed by atoms with Crippen LogP contribution < -0.4 is 11.1 Å². The number of nitrogens with one attached hydrogen (secondary N) is 1. The Labute approximate surface area is 113 Å².